The van der Waals surface area contributed by atoms with Crippen molar-refractivity contribution >= 4 is 16.5 Å². The molecule has 1 unspecified atom stereocenters. The van der Waals surface area contributed by atoms with E-state index in [1.54, 1.807) is 23.5 Å². The first kappa shape index (κ1) is 12.3. The Morgan fingerprint density at radius 1 is 1.20 bits per heavy atom. The molecule has 1 aromatic heterocycles. The first-order valence-corrected chi connectivity index (χ1v) is 7.99. The molecule has 0 radical (unpaired) electrons. The topological polar surface area (TPSA) is 37.8 Å². The summed E-state index contributed by atoms with van der Waals surface area (Å²) in [6.45, 7) is 0. The van der Waals surface area contributed by atoms with Crippen molar-refractivity contribution in [1.82, 2.24) is 10.2 Å². The number of nitrogens with one attached hydrogen (secondary N) is 1. The smallest absolute Gasteiger partial charge is 0.206 e. The number of anilines is 1. The average Bonchev–Trinajstić information content (AvgIpc) is 3.20. The lowest BCUT2D eigenvalue weighted by Gasteiger charge is -2.26. The van der Waals surface area contributed by atoms with Crippen molar-refractivity contribution in [3.63, 3.8) is 0 Å². The maximum Gasteiger partial charge on any atom is 0.206 e. The second-order valence-electron chi connectivity index (χ2n) is 5.65. The minimum absolute atomic E-state index is 0.159. The number of benzene rings is 1. The fourth-order valence-corrected chi connectivity index (χ4v) is 3.82. The molecule has 0 amide bonds. The van der Waals surface area contributed by atoms with Gasteiger partial charge in [0.1, 0.15) is 10.8 Å². The number of fused-ring (bicyclic) bond motifs is 1. The third-order valence-electron chi connectivity index (χ3n) is 4.09. The molecule has 4 rings (SSSR count). The van der Waals surface area contributed by atoms with E-state index >= 15 is 0 Å². The van der Waals surface area contributed by atoms with Crippen molar-refractivity contribution in [2.45, 2.75) is 44.1 Å². The second kappa shape index (κ2) is 4.81. The first-order chi connectivity index (χ1) is 9.79. The van der Waals surface area contributed by atoms with Crippen molar-refractivity contribution in [3.05, 3.63) is 40.2 Å². The fourth-order valence-electron chi connectivity index (χ4n) is 2.86. The SMILES string of the molecule is Fc1ccc2c(c1)C(Nc1nnc(C3CC3)s1)CCC2. The van der Waals surface area contributed by atoms with Crippen LogP contribution >= 0.6 is 11.3 Å². The summed E-state index contributed by atoms with van der Waals surface area (Å²) in [6, 6.07) is 5.29. The van der Waals surface area contributed by atoms with Crippen molar-refractivity contribution in [2.75, 3.05) is 5.32 Å². The molecule has 5 heteroatoms. The predicted molar refractivity (Wildman–Crippen MR) is 77.6 cm³/mol. The van der Waals surface area contributed by atoms with Gasteiger partial charge in [-0.3, -0.25) is 0 Å². The van der Waals surface area contributed by atoms with Crippen molar-refractivity contribution in [1.29, 1.82) is 0 Å². The Bertz CT molecular complexity index is 636. The zero-order valence-corrected chi connectivity index (χ0v) is 11.9. The summed E-state index contributed by atoms with van der Waals surface area (Å²) in [7, 11) is 0. The monoisotopic (exact) mass is 289 g/mol. The molecule has 2 aliphatic rings. The summed E-state index contributed by atoms with van der Waals surface area (Å²) < 4.78 is 13.5. The second-order valence-corrected chi connectivity index (χ2v) is 6.66. The summed E-state index contributed by atoms with van der Waals surface area (Å²) in [4.78, 5) is 0. The molecule has 0 bridgehead atoms. The highest BCUT2D eigenvalue weighted by Crippen LogP contribution is 2.43. The molecule has 0 aliphatic heterocycles. The van der Waals surface area contributed by atoms with E-state index in [0.29, 0.717) is 5.92 Å². The maximum absolute atomic E-state index is 13.5. The molecular formula is C15H16FN3S. The Morgan fingerprint density at radius 3 is 2.95 bits per heavy atom. The van der Waals surface area contributed by atoms with Crippen molar-refractivity contribution in [3.8, 4) is 0 Å². The highest BCUT2D eigenvalue weighted by atomic mass is 32.1. The molecule has 0 saturated heterocycles. The van der Waals surface area contributed by atoms with E-state index in [9.17, 15) is 4.39 Å². The van der Waals surface area contributed by atoms with Gasteiger partial charge >= 0.3 is 0 Å². The molecule has 3 nitrogen and oxygen atoms in total. The molecule has 20 heavy (non-hydrogen) atoms. The Kier molecular flexibility index (Phi) is 2.95. The molecule has 0 spiro atoms. The van der Waals surface area contributed by atoms with Crippen LogP contribution in [0, 0.1) is 5.82 Å². The van der Waals surface area contributed by atoms with Gasteiger partial charge in [-0.05, 0) is 55.4 Å². The number of nitrogens with zero attached hydrogens (tertiary/aromatic N) is 2. The van der Waals surface area contributed by atoms with E-state index in [1.807, 2.05) is 6.07 Å². The first-order valence-electron chi connectivity index (χ1n) is 7.18. The van der Waals surface area contributed by atoms with Gasteiger partial charge in [0.25, 0.3) is 0 Å². The number of aromatic nitrogens is 2. The van der Waals surface area contributed by atoms with Gasteiger partial charge in [-0.25, -0.2) is 4.39 Å². The van der Waals surface area contributed by atoms with Crippen molar-refractivity contribution < 1.29 is 4.39 Å². The summed E-state index contributed by atoms with van der Waals surface area (Å²) in [5.41, 5.74) is 2.33. The Balaban J connectivity index is 1.58. The molecule has 1 saturated carbocycles. The minimum Gasteiger partial charge on any atom is -0.353 e. The number of hydrogen-bond donors (Lipinski definition) is 1. The Morgan fingerprint density at radius 2 is 2.10 bits per heavy atom. The number of aryl methyl sites for hydroxylation is 1. The minimum atomic E-state index is -0.159. The van der Waals surface area contributed by atoms with E-state index < -0.39 is 0 Å². The maximum atomic E-state index is 13.5. The largest absolute Gasteiger partial charge is 0.353 e. The van der Waals surface area contributed by atoms with Crippen LogP contribution in [0.15, 0.2) is 18.2 Å². The van der Waals surface area contributed by atoms with Crippen LogP contribution in [-0.2, 0) is 6.42 Å². The number of rotatable bonds is 3. The number of halogens is 1. The predicted octanol–water partition coefficient (Wildman–Crippen LogP) is 4.04. The van der Waals surface area contributed by atoms with Crippen LogP contribution in [0.2, 0.25) is 0 Å². The van der Waals surface area contributed by atoms with Gasteiger partial charge in [-0.15, -0.1) is 10.2 Å². The van der Waals surface area contributed by atoms with Crippen molar-refractivity contribution in [2.24, 2.45) is 0 Å². The fraction of sp³-hybridized carbons (Fsp3) is 0.467. The van der Waals surface area contributed by atoms with Crippen LogP contribution in [0.4, 0.5) is 9.52 Å². The quantitative estimate of drug-likeness (QED) is 0.926. The van der Waals surface area contributed by atoms with Gasteiger partial charge in [0.15, 0.2) is 0 Å². The lowest BCUT2D eigenvalue weighted by molar-refractivity contribution is 0.579. The zero-order chi connectivity index (χ0) is 13.5. The van der Waals surface area contributed by atoms with Crippen LogP contribution in [0.25, 0.3) is 0 Å². The summed E-state index contributed by atoms with van der Waals surface area (Å²) in [5, 5.41) is 13.9. The third-order valence-corrected chi connectivity index (χ3v) is 5.10. The molecule has 1 atom stereocenters. The average molecular weight is 289 g/mol. The lowest BCUT2D eigenvalue weighted by Crippen LogP contribution is -2.17. The van der Waals surface area contributed by atoms with Crippen LogP contribution in [-0.4, -0.2) is 10.2 Å². The summed E-state index contributed by atoms with van der Waals surface area (Å²) in [5.74, 6) is 0.479. The summed E-state index contributed by atoms with van der Waals surface area (Å²) >= 11 is 1.65. The summed E-state index contributed by atoms with van der Waals surface area (Å²) in [6.07, 6.45) is 5.68. The van der Waals surface area contributed by atoms with E-state index in [-0.39, 0.29) is 11.9 Å². The molecule has 1 heterocycles. The standard InChI is InChI=1S/C15H16FN3S/c16-11-7-6-9-2-1-3-13(12(9)8-11)17-15-19-18-14(20-15)10-4-5-10/h6-8,10,13H,1-5H2,(H,17,19). The van der Waals surface area contributed by atoms with Gasteiger partial charge in [0, 0.05) is 5.92 Å². The third kappa shape index (κ3) is 2.30. The van der Waals surface area contributed by atoms with Gasteiger partial charge in [0.05, 0.1) is 6.04 Å². The zero-order valence-electron chi connectivity index (χ0n) is 11.1. The van der Waals surface area contributed by atoms with E-state index in [2.05, 4.69) is 15.5 Å². The molecule has 1 aromatic carbocycles. The molecule has 1 fully saturated rings. The molecule has 104 valence electrons. The molecular weight excluding hydrogens is 273 g/mol. The van der Waals surface area contributed by atoms with Crippen LogP contribution in [0.1, 0.15) is 53.8 Å². The Labute approximate surface area is 121 Å². The van der Waals surface area contributed by atoms with Gasteiger partial charge in [0.2, 0.25) is 5.13 Å². The van der Waals surface area contributed by atoms with E-state index in [0.717, 1.165) is 35.0 Å². The van der Waals surface area contributed by atoms with Crippen LogP contribution < -0.4 is 5.32 Å². The van der Waals surface area contributed by atoms with Gasteiger partial charge in [-0.2, -0.15) is 0 Å². The molecule has 1 N–H and O–H groups in total. The highest BCUT2D eigenvalue weighted by Gasteiger charge is 2.28. The van der Waals surface area contributed by atoms with E-state index in [1.165, 1.54) is 18.4 Å². The van der Waals surface area contributed by atoms with Gasteiger partial charge in [-0.1, -0.05) is 17.4 Å². The number of hydrogen-bond acceptors (Lipinski definition) is 4. The molecule has 2 aromatic rings. The van der Waals surface area contributed by atoms with Gasteiger partial charge < -0.3 is 5.32 Å². The highest BCUT2D eigenvalue weighted by molar-refractivity contribution is 7.15. The molecule has 2 aliphatic carbocycles. The lowest BCUT2D eigenvalue weighted by atomic mass is 9.88. The Hall–Kier alpha value is -1.49. The van der Waals surface area contributed by atoms with Crippen LogP contribution in [0.3, 0.4) is 0 Å². The van der Waals surface area contributed by atoms with E-state index in [4.69, 9.17) is 0 Å². The van der Waals surface area contributed by atoms with Crippen LogP contribution in [0.5, 0.6) is 0 Å². The normalized spacial score (nSPS) is 21.6.